The Morgan fingerprint density at radius 3 is 2.38 bits per heavy atom. The molecule has 1 fully saturated rings. The quantitative estimate of drug-likeness (QED) is 0.499. The highest BCUT2D eigenvalue weighted by molar-refractivity contribution is 6.09. The van der Waals surface area contributed by atoms with Crippen LogP contribution < -0.4 is 15.0 Å². The molecule has 0 bridgehead atoms. The second kappa shape index (κ2) is 9.99. The van der Waals surface area contributed by atoms with Crippen molar-refractivity contribution in [1.29, 1.82) is 0 Å². The molecule has 3 aromatic carbocycles. The van der Waals surface area contributed by atoms with Crippen LogP contribution >= 0.6 is 0 Å². The highest BCUT2D eigenvalue weighted by Crippen LogP contribution is 2.30. The summed E-state index contributed by atoms with van der Waals surface area (Å²) in [5, 5.41) is 2.59. The van der Waals surface area contributed by atoms with Crippen molar-refractivity contribution in [3.63, 3.8) is 0 Å². The number of carbonyl (C=O) groups is 2. The Balaban J connectivity index is 1.32. The van der Waals surface area contributed by atoms with Gasteiger partial charge in [-0.2, -0.15) is 13.2 Å². The van der Waals surface area contributed by atoms with E-state index in [0.717, 1.165) is 17.7 Å². The number of carbonyl (C=O) groups excluding carboxylic acids is 2. The molecule has 1 aliphatic heterocycles. The van der Waals surface area contributed by atoms with E-state index in [-0.39, 0.29) is 12.5 Å². The van der Waals surface area contributed by atoms with Crippen molar-refractivity contribution in [3.8, 4) is 5.75 Å². The third-order valence-electron chi connectivity index (χ3n) is 5.64. The maximum absolute atomic E-state index is 12.9. The van der Waals surface area contributed by atoms with Crippen molar-refractivity contribution in [3.05, 3.63) is 95.6 Å². The summed E-state index contributed by atoms with van der Waals surface area (Å²) in [6, 6.07) is 21.6. The van der Waals surface area contributed by atoms with Gasteiger partial charge in [0.2, 0.25) is 11.8 Å². The Morgan fingerprint density at radius 1 is 0.971 bits per heavy atom. The summed E-state index contributed by atoms with van der Waals surface area (Å²) in [7, 11) is 0. The van der Waals surface area contributed by atoms with E-state index in [0.29, 0.717) is 36.6 Å². The topological polar surface area (TPSA) is 58.6 Å². The van der Waals surface area contributed by atoms with Crippen LogP contribution in [0.3, 0.4) is 0 Å². The van der Waals surface area contributed by atoms with Crippen LogP contribution in [-0.2, 0) is 28.9 Å². The van der Waals surface area contributed by atoms with Gasteiger partial charge in [-0.1, -0.05) is 42.5 Å². The molecule has 4 rings (SSSR count). The molecule has 34 heavy (non-hydrogen) atoms. The number of alkyl halides is 3. The van der Waals surface area contributed by atoms with Crippen LogP contribution in [0.1, 0.15) is 23.1 Å². The number of rotatable bonds is 7. The predicted molar refractivity (Wildman–Crippen MR) is 121 cm³/mol. The third kappa shape index (κ3) is 5.57. The van der Waals surface area contributed by atoms with Crippen LogP contribution in [0.25, 0.3) is 0 Å². The Kier molecular flexibility index (Phi) is 6.86. The highest BCUT2D eigenvalue weighted by Gasteiger charge is 2.37. The van der Waals surface area contributed by atoms with Gasteiger partial charge in [0, 0.05) is 18.8 Å². The first-order valence-electron chi connectivity index (χ1n) is 10.8. The first-order chi connectivity index (χ1) is 16.3. The zero-order chi connectivity index (χ0) is 24.1. The van der Waals surface area contributed by atoms with Crippen LogP contribution in [0.5, 0.6) is 5.75 Å². The maximum atomic E-state index is 12.9. The number of amides is 2. The summed E-state index contributed by atoms with van der Waals surface area (Å²) in [5.41, 5.74) is 1.24. The van der Waals surface area contributed by atoms with Crippen LogP contribution in [0, 0.1) is 5.92 Å². The minimum atomic E-state index is -4.45. The van der Waals surface area contributed by atoms with Gasteiger partial charge in [-0.05, 0) is 53.9 Å². The molecule has 1 atom stereocenters. The molecule has 0 aromatic heterocycles. The molecule has 1 N–H and O–H groups in total. The van der Waals surface area contributed by atoms with Crippen molar-refractivity contribution in [2.75, 3.05) is 11.4 Å². The molecule has 8 heteroatoms. The van der Waals surface area contributed by atoms with Crippen molar-refractivity contribution in [1.82, 2.24) is 5.32 Å². The fraction of sp³-hybridized carbons (Fsp3) is 0.231. The molecule has 1 unspecified atom stereocenters. The molecule has 1 heterocycles. The number of anilines is 1. The van der Waals surface area contributed by atoms with Crippen molar-refractivity contribution in [2.45, 2.75) is 25.7 Å². The first-order valence-corrected chi connectivity index (χ1v) is 10.8. The summed E-state index contributed by atoms with van der Waals surface area (Å²) in [6.07, 6.45) is -4.12. The van der Waals surface area contributed by atoms with Gasteiger partial charge in [0.1, 0.15) is 18.3 Å². The molecule has 1 saturated heterocycles. The predicted octanol–water partition coefficient (Wildman–Crippen LogP) is 4.95. The van der Waals surface area contributed by atoms with Crippen molar-refractivity contribution in [2.24, 2.45) is 5.92 Å². The lowest BCUT2D eigenvalue weighted by Gasteiger charge is -2.17. The molecular formula is C26H23F3N2O3. The fourth-order valence-electron chi connectivity index (χ4n) is 3.81. The van der Waals surface area contributed by atoms with Crippen LogP contribution in [-0.4, -0.2) is 18.4 Å². The van der Waals surface area contributed by atoms with E-state index in [1.54, 1.807) is 24.3 Å². The summed E-state index contributed by atoms with van der Waals surface area (Å²) in [6.45, 7) is 0.724. The van der Waals surface area contributed by atoms with Gasteiger partial charge in [-0.3, -0.25) is 9.59 Å². The summed E-state index contributed by atoms with van der Waals surface area (Å²) in [5.74, 6) is -1.04. The molecule has 3 aromatic rings. The van der Waals surface area contributed by atoms with Gasteiger partial charge >= 0.3 is 6.18 Å². The molecule has 0 radical (unpaired) electrons. The van der Waals surface area contributed by atoms with Crippen molar-refractivity contribution < 1.29 is 27.5 Å². The van der Waals surface area contributed by atoms with Gasteiger partial charge < -0.3 is 15.0 Å². The van der Waals surface area contributed by atoms with E-state index in [1.807, 2.05) is 30.3 Å². The molecule has 5 nitrogen and oxygen atoms in total. The second-order valence-electron chi connectivity index (χ2n) is 8.02. The number of ether oxygens (including phenoxy) is 1. The second-order valence-corrected chi connectivity index (χ2v) is 8.02. The molecular weight excluding hydrogens is 445 g/mol. The van der Waals surface area contributed by atoms with Crippen molar-refractivity contribution >= 4 is 17.5 Å². The summed E-state index contributed by atoms with van der Waals surface area (Å²) < 4.78 is 44.4. The van der Waals surface area contributed by atoms with Crippen LogP contribution in [0.4, 0.5) is 18.9 Å². The summed E-state index contributed by atoms with van der Waals surface area (Å²) in [4.78, 5) is 26.9. The number of nitrogens with zero attached hydrogens (tertiary/aromatic N) is 1. The monoisotopic (exact) mass is 468 g/mol. The first kappa shape index (κ1) is 23.4. The van der Waals surface area contributed by atoms with E-state index in [2.05, 4.69) is 5.32 Å². The minimum absolute atomic E-state index is 0.0833. The molecule has 2 amide bonds. The van der Waals surface area contributed by atoms with Gasteiger partial charge in [0.05, 0.1) is 5.56 Å². The smallest absolute Gasteiger partial charge is 0.416 e. The average Bonchev–Trinajstić information content (AvgIpc) is 3.23. The lowest BCUT2D eigenvalue weighted by atomic mass is 10.1. The fourth-order valence-corrected chi connectivity index (χ4v) is 3.81. The zero-order valence-electron chi connectivity index (χ0n) is 18.2. The number of benzene rings is 3. The normalized spacial score (nSPS) is 15.9. The molecule has 0 aliphatic carbocycles. The largest absolute Gasteiger partial charge is 0.489 e. The lowest BCUT2D eigenvalue weighted by Crippen LogP contribution is -2.36. The van der Waals surface area contributed by atoms with E-state index in [1.165, 1.54) is 17.0 Å². The molecule has 1 aliphatic rings. The average molecular weight is 468 g/mol. The van der Waals surface area contributed by atoms with E-state index >= 15 is 0 Å². The Bertz CT molecular complexity index is 1150. The standard InChI is InChI=1S/C26H23F3N2O3/c27-26(28,29)20-8-4-7-19(15-20)16-30-24(32)23-13-14-31(25(23)33)21-9-11-22(12-10-21)34-17-18-5-2-1-3-6-18/h1-12,15,23H,13-14,16-17H2,(H,30,32). The van der Waals surface area contributed by atoms with Gasteiger partial charge in [-0.25, -0.2) is 0 Å². The molecule has 0 spiro atoms. The minimum Gasteiger partial charge on any atom is -0.489 e. The van der Waals surface area contributed by atoms with Crippen LogP contribution in [0.15, 0.2) is 78.9 Å². The molecule has 176 valence electrons. The van der Waals surface area contributed by atoms with E-state index < -0.39 is 23.6 Å². The van der Waals surface area contributed by atoms with Crippen LogP contribution in [0.2, 0.25) is 0 Å². The van der Waals surface area contributed by atoms with E-state index in [4.69, 9.17) is 4.74 Å². The third-order valence-corrected chi connectivity index (χ3v) is 5.64. The SMILES string of the molecule is O=C(NCc1cccc(C(F)(F)F)c1)C1CCN(c2ccc(OCc3ccccc3)cc2)C1=O. The van der Waals surface area contributed by atoms with Gasteiger partial charge in [-0.15, -0.1) is 0 Å². The lowest BCUT2D eigenvalue weighted by molar-refractivity contribution is -0.137. The molecule has 0 saturated carbocycles. The highest BCUT2D eigenvalue weighted by atomic mass is 19.4. The Hall–Kier alpha value is -3.81. The number of hydrogen-bond donors (Lipinski definition) is 1. The Labute approximate surface area is 195 Å². The maximum Gasteiger partial charge on any atom is 0.416 e. The summed E-state index contributed by atoms with van der Waals surface area (Å²) >= 11 is 0. The van der Waals surface area contributed by atoms with Gasteiger partial charge in [0.25, 0.3) is 0 Å². The zero-order valence-corrected chi connectivity index (χ0v) is 18.2. The number of nitrogens with one attached hydrogen (secondary N) is 1. The van der Waals surface area contributed by atoms with Gasteiger partial charge in [0.15, 0.2) is 0 Å². The number of hydrogen-bond acceptors (Lipinski definition) is 3. The number of halogens is 3. The van der Waals surface area contributed by atoms with E-state index in [9.17, 15) is 22.8 Å². The Morgan fingerprint density at radius 2 is 1.68 bits per heavy atom.